The maximum Gasteiger partial charge on any atom is 0.338 e. The molecule has 10 heteroatoms. The fraction of sp³-hybridized carbons (Fsp3) is 0.381. The number of amidine groups is 1. The number of likely N-dealkylation sites (tertiary alicyclic amines) is 1. The van der Waals surface area contributed by atoms with Crippen LogP contribution in [0.3, 0.4) is 0 Å². The number of rotatable bonds is 6. The molecule has 4 rings (SSSR count). The summed E-state index contributed by atoms with van der Waals surface area (Å²) in [7, 11) is 0. The molecule has 0 spiro atoms. The van der Waals surface area contributed by atoms with Gasteiger partial charge in [0.2, 0.25) is 0 Å². The molecule has 2 aliphatic rings. The van der Waals surface area contributed by atoms with Crippen molar-refractivity contribution in [1.29, 1.82) is 0 Å². The first kappa shape index (κ1) is 21.9. The van der Waals surface area contributed by atoms with Crippen molar-refractivity contribution in [3.63, 3.8) is 0 Å². The zero-order valence-corrected chi connectivity index (χ0v) is 18.6. The van der Waals surface area contributed by atoms with E-state index >= 15 is 0 Å². The van der Waals surface area contributed by atoms with E-state index in [2.05, 4.69) is 10.3 Å². The van der Waals surface area contributed by atoms with Crippen molar-refractivity contribution in [3.8, 4) is 0 Å². The number of ether oxygens (including phenoxy) is 1. The maximum atomic E-state index is 13.7. The van der Waals surface area contributed by atoms with Crippen LogP contribution in [-0.4, -0.2) is 58.6 Å². The smallest absolute Gasteiger partial charge is 0.338 e. The van der Waals surface area contributed by atoms with Crippen LogP contribution in [0.4, 0.5) is 4.39 Å². The Bertz CT molecular complexity index is 1050. The van der Waals surface area contributed by atoms with Crippen molar-refractivity contribution in [2.75, 3.05) is 26.2 Å². The largest absolute Gasteiger partial charge is 0.463 e. The monoisotopic (exact) mass is 464 g/mol. The summed E-state index contributed by atoms with van der Waals surface area (Å²) in [6, 6.07) is 3.23. The van der Waals surface area contributed by atoms with E-state index in [9.17, 15) is 14.3 Å². The molecule has 3 heterocycles. The summed E-state index contributed by atoms with van der Waals surface area (Å²) in [5, 5.41) is 16.0. The van der Waals surface area contributed by atoms with Gasteiger partial charge in [-0.05, 0) is 26.0 Å². The number of hydrogen-bond donors (Lipinski definition) is 2. The van der Waals surface area contributed by atoms with Crippen LogP contribution in [0.15, 0.2) is 46.0 Å². The molecule has 1 aromatic carbocycles. The molecular formula is C21H22ClFN4O3S. The molecule has 1 aromatic heterocycles. The van der Waals surface area contributed by atoms with Crippen LogP contribution in [0.25, 0.3) is 0 Å². The quantitative estimate of drug-likeness (QED) is 0.639. The van der Waals surface area contributed by atoms with Crippen molar-refractivity contribution in [3.05, 3.63) is 62.5 Å². The van der Waals surface area contributed by atoms with E-state index in [1.807, 2.05) is 10.3 Å². The first-order valence-corrected chi connectivity index (χ1v) is 11.1. The summed E-state index contributed by atoms with van der Waals surface area (Å²) in [5.41, 5.74) is 0.641. The molecule has 2 N–H and O–H groups in total. The van der Waals surface area contributed by atoms with Gasteiger partial charge >= 0.3 is 5.97 Å². The SMILES string of the molecule is CCOC(=O)C1=C(CN2CC(C)(O)C2)NC(c2nccs2)=NC1c1ccc(F)cc1Cl. The number of nitrogens with zero attached hydrogens (tertiary/aromatic N) is 3. The second-order valence-electron chi connectivity index (χ2n) is 7.76. The van der Waals surface area contributed by atoms with Gasteiger partial charge in [0.25, 0.3) is 0 Å². The van der Waals surface area contributed by atoms with Crippen LogP contribution in [0, 0.1) is 5.82 Å². The molecule has 1 fully saturated rings. The van der Waals surface area contributed by atoms with Crippen LogP contribution >= 0.6 is 22.9 Å². The van der Waals surface area contributed by atoms with Crippen molar-refractivity contribution < 1.29 is 19.0 Å². The summed E-state index contributed by atoms with van der Waals surface area (Å²) >= 11 is 7.75. The molecule has 2 aromatic rings. The number of thiazole rings is 1. The number of benzene rings is 1. The highest BCUT2D eigenvalue weighted by atomic mass is 35.5. The number of hydrogen-bond acceptors (Lipinski definition) is 8. The Morgan fingerprint density at radius 1 is 1.48 bits per heavy atom. The second kappa shape index (κ2) is 8.66. The van der Waals surface area contributed by atoms with Crippen LogP contribution in [0.5, 0.6) is 0 Å². The number of carbonyl (C=O) groups is 1. The third-order valence-electron chi connectivity index (χ3n) is 5.02. The summed E-state index contributed by atoms with van der Waals surface area (Å²) in [6.07, 6.45) is 1.67. The second-order valence-corrected chi connectivity index (χ2v) is 9.06. The highest BCUT2D eigenvalue weighted by molar-refractivity contribution is 7.11. The Morgan fingerprint density at radius 3 is 2.87 bits per heavy atom. The third kappa shape index (κ3) is 4.64. The number of aliphatic hydroxyl groups is 1. The highest BCUT2D eigenvalue weighted by Crippen LogP contribution is 2.37. The normalized spacial score (nSPS) is 20.7. The Hall–Kier alpha value is -2.33. The summed E-state index contributed by atoms with van der Waals surface area (Å²) < 4.78 is 19.0. The third-order valence-corrected chi connectivity index (χ3v) is 6.13. The Balaban J connectivity index is 1.80. The molecule has 31 heavy (non-hydrogen) atoms. The summed E-state index contributed by atoms with van der Waals surface area (Å²) in [5.74, 6) is -0.503. The van der Waals surface area contributed by atoms with E-state index < -0.39 is 23.4 Å². The van der Waals surface area contributed by atoms with E-state index in [1.165, 1.54) is 29.5 Å². The van der Waals surface area contributed by atoms with E-state index in [1.54, 1.807) is 20.0 Å². The molecular weight excluding hydrogens is 443 g/mol. The standard InChI is InChI=1S/C21H22ClFN4O3S/c1-3-30-20(28)16-15(9-27-10-21(2,29)11-27)25-18(19-24-6-7-31-19)26-17(16)13-5-4-12(23)8-14(13)22/h4-8,17,29H,3,9-11H2,1-2H3,(H,25,26). The molecule has 7 nitrogen and oxygen atoms in total. The maximum absolute atomic E-state index is 13.7. The zero-order valence-electron chi connectivity index (χ0n) is 17.1. The molecule has 1 atom stereocenters. The van der Waals surface area contributed by atoms with Gasteiger partial charge in [-0.15, -0.1) is 11.3 Å². The van der Waals surface area contributed by atoms with Crippen molar-refractivity contribution in [2.45, 2.75) is 25.5 Å². The lowest BCUT2D eigenvalue weighted by Crippen LogP contribution is -2.60. The summed E-state index contributed by atoms with van der Waals surface area (Å²) in [4.78, 5) is 24.0. The lowest BCUT2D eigenvalue weighted by molar-refractivity contribution is -0.139. The molecule has 0 saturated carbocycles. The fourth-order valence-corrected chi connectivity index (χ4v) is 4.68. The molecule has 0 aliphatic carbocycles. The minimum absolute atomic E-state index is 0.169. The highest BCUT2D eigenvalue weighted by Gasteiger charge is 2.40. The number of β-amino-alcohol motifs (C(OH)–C–C–N with tert-alkyl or cyclic N) is 1. The number of esters is 1. The van der Waals surface area contributed by atoms with Crippen molar-refractivity contribution in [1.82, 2.24) is 15.2 Å². The molecule has 2 aliphatic heterocycles. The molecule has 0 bridgehead atoms. The van der Waals surface area contributed by atoms with Gasteiger partial charge < -0.3 is 15.2 Å². The molecule has 0 amide bonds. The van der Waals surface area contributed by atoms with Gasteiger partial charge in [-0.3, -0.25) is 9.89 Å². The van der Waals surface area contributed by atoms with Gasteiger partial charge in [0.05, 0.1) is 17.8 Å². The number of carbonyl (C=O) groups excluding carboxylic acids is 1. The molecule has 1 saturated heterocycles. The van der Waals surface area contributed by atoms with E-state index in [0.29, 0.717) is 47.3 Å². The zero-order chi connectivity index (χ0) is 22.2. The van der Waals surface area contributed by atoms with Crippen LogP contribution in [0.2, 0.25) is 5.02 Å². The average Bonchev–Trinajstić information content (AvgIpc) is 3.21. The average molecular weight is 465 g/mol. The van der Waals surface area contributed by atoms with Crippen LogP contribution in [0.1, 0.15) is 30.5 Å². The van der Waals surface area contributed by atoms with E-state index in [0.717, 1.165) is 0 Å². The fourth-order valence-electron chi connectivity index (χ4n) is 3.82. The predicted molar refractivity (Wildman–Crippen MR) is 117 cm³/mol. The molecule has 164 valence electrons. The number of halogens is 2. The molecule has 1 unspecified atom stereocenters. The van der Waals surface area contributed by atoms with Gasteiger partial charge in [0.1, 0.15) is 11.9 Å². The Labute approximate surface area is 188 Å². The first-order chi connectivity index (χ1) is 14.8. The van der Waals surface area contributed by atoms with Gasteiger partial charge in [-0.1, -0.05) is 17.7 Å². The minimum atomic E-state index is -0.788. The lowest BCUT2D eigenvalue weighted by atomic mass is 9.93. The Morgan fingerprint density at radius 2 is 2.26 bits per heavy atom. The molecule has 0 radical (unpaired) electrons. The number of nitrogens with one attached hydrogen (secondary N) is 1. The first-order valence-electron chi connectivity index (χ1n) is 9.82. The van der Waals surface area contributed by atoms with Crippen molar-refractivity contribution in [2.24, 2.45) is 4.99 Å². The van der Waals surface area contributed by atoms with Gasteiger partial charge in [0, 0.05) is 47.5 Å². The van der Waals surface area contributed by atoms with Gasteiger partial charge in [-0.2, -0.15) is 0 Å². The van der Waals surface area contributed by atoms with E-state index in [-0.39, 0.29) is 11.6 Å². The Kier molecular flexibility index (Phi) is 6.11. The van der Waals surface area contributed by atoms with Crippen molar-refractivity contribution >= 4 is 34.7 Å². The lowest BCUT2D eigenvalue weighted by Gasteiger charge is -2.45. The number of aliphatic imine (C=N–C) groups is 1. The number of aromatic nitrogens is 1. The topological polar surface area (TPSA) is 87.0 Å². The minimum Gasteiger partial charge on any atom is -0.463 e. The predicted octanol–water partition coefficient (Wildman–Crippen LogP) is 2.91. The summed E-state index contributed by atoms with van der Waals surface area (Å²) in [6.45, 7) is 5.01. The van der Waals surface area contributed by atoms with E-state index in [4.69, 9.17) is 21.3 Å². The van der Waals surface area contributed by atoms with Gasteiger partial charge in [0.15, 0.2) is 10.8 Å². The van der Waals surface area contributed by atoms with Gasteiger partial charge in [-0.25, -0.2) is 14.2 Å². The van der Waals surface area contributed by atoms with Crippen LogP contribution < -0.4 is 5.32 Å². The van der Waals surface area contributed by atoms with Crippen LogP contribution in [-0.2, 0) is 9.53 Å².